The molecule has 0 saturated carbocycles. The van der Waals surface area contributed by atoms with Crippen LogP contribution < -0.4 is 0 Å². The fraction of sp³-hybridized carbons (Fsp3) is 0.0566. The van der Waals surface area contributed by atoms with Crippen molar-refractivity contribution in [3.8, 4) is 22.8 Å². The van der Waals surface area contributed by atoms with E-state index < -0.39 is 0 Å². The lowest BCUT2D eigenvalue weighted by Gasteiger charge is -2.21. The van der Waals surface area contributed by atoms with Crippen LogP contribution in [-0.4, -0.2) is 19.1 Å². The van der Waals surface area contributed by atoms with Crippen LogP contribution in [0.25, 0.3) is 105 Å². The largest absolute Gasteiger partial charge is 0.309 e. The van der Waals surface area contributed by atoms with Gasteiger partial charge in [0, 0.05) is 32.8 Å². The van der Waals surface area contributed by atoms with Crippen molar-refractivity contribution < 1.29 is 0 Å². The number of benzene rings is 8. The lowest BCUT2D eigenvalue weighted by molar-refractivity contribution is 0.759. The highest BCUT2D eigenvalue weighted by Gasteiger charge is 2.24. The number of aromatic nitrogens is 4. The minimum absolute atomic E-state index is 0.445. The molecule has 268 valence electrons. The molecule has 12 rings (SSSR count). The van der Waals surface area contributed by atoms with Crippen LogP contribution in [0.1, 0.15) is 18.9 Å². The van der Waals surface area contributed by atoms with Gasteiger partial charge in [-0.3, -0.25) is 4.57 Å². The predicted octanol–water partition coefficient (Wildman–Crippen LogP) is 13.8. The Morgan fingerprint density at radius 3 is 1.84 bits per heavy atom. The first-order chi connectivity index (χ1) is 28.2. The highest BCUT2D eigenvalue weighted by Crippen LogP contribution is 2.43. The van der Waals surface area contributed by atoms with E-state index in [1.807, 2.05) is 0 Å². The van der Waals surface area contributed by atoms with Gasteiger partial charge in [-0.2, -0.15) is 0 Å². The standard InChI is InChI=1S/C53H36N4/c1-33-14-2-4-16-36(33)40-28-29-43(39-19-7-6-18-38(39)40)52-53(55-46-23-11-10-22-45(46)54-52)57-49-31-27-35(32-44(49)51-37-17-5-3-15-34(37)26-30-50(51)57)56-47-24-12-8-20-41(47)42-21-9-13-25-48(42)56/h2-13,15-33H,14H2,1H3. The number of hydrogen-bond donors (Lipinski definition) is 0. The van der Waals surface area contributed by atoms with Gasteiger partial charge in [0.05, 0.1) is 33.1 Å². The first kappa shape index (κ1) is 32.0. The van der Waals surface area contributed by atoms with Crippen LogP contribution in [0.3, 0.4) is 0 Å². The van der Waals surface area contributed by atoms with E-state index >= 15 is 0 Å². The Morgan fingerprint density at radius 2 is 1.09 bits per heavy atom. The quantitative estimate of drug-likeness (QED) is 0.181. The topological polar surface area (TPSA) is 35.6 Å². The summed E-state index contributed by atoms with van der Waals surface area (Å²) in [4.78, 5) is 11.0. The third-order valence-electron chi connectivity index (χ3n) is 12.2. The normalized spacial score (nSPS) is 14.5. The Balaban J connectivity index is 1.19. The Morgan fingerprint density at radius 1 is 0.491 bits per heavy atom. The summed E-state index contributed by atoms with van der Waals surface area (Å²) in [6.45, 7) is 2.32. The summed E-state index contributed by atoms with van der Waals surface area (Å²) in [5.41, 5.74) is 12.0. The molecule has 0 saturated heterocycles. The summed E-state index contributed by atoms with van der Waals surface area (Å²) in [5.74, 6) is 1.26. The zero-order valence-electron chi connectivity index (χ0n) is 31.4. The zero-order chi connectivity index (χ0) is 37.6. The summed E-state index contributed by atoms with van der Waals surface area (Å²) >= 11 is 0. The van der Waals surface area contributed by atoms with Gasteiger partial charge in [0.2, 0.25) is 0 Å². The van der Waals surface area contributed by atoms with Crippen LogP contribution in [0.5, 0.6) is 0 Å². The number of rotatable bonds is 4. The maximum absolute atomic E-state index is 5.53. The van der Waals surface area contributed by atoms with Crippen molar-refractivity contribution in [3.63, 3.8) is 0 Å². The summed E-state index contributed by atoms with van der Waals surface area (Å²) in [7, 11) is 0. The Hall–Kier alpha value is -7.30. The number of para-hydroxylation sites is 4. The summed E-state index contributed by atoms with van der Waals surface area (Å²) < 4.78 is 4.77. The van der Waals surface area contributed by atoms with Crippen molar-refractivity contribution in [3.05, 3.63) is 188 Å². The minimum Gasteiger partial charge on any atom is -0.309 e. The van der Waals surface area contributed by atoms with Gasteiger partial charge in [0.15, 0.2) is 5.82 Å². The van der Waals surface area contributed by atoms with Crippen LogP contribution in [0, 0.1) is 5.92 Å². The lowest BCUT2D eigenvalue weighted by atomic mass is 9.84. The van der Waals surface area contributed by atoms with E-state index in [-0.39, 0.29) is 0 Å². The van der Waals surface area contributed by atoms with Gasteiger partial charge < -0.3 is 4.57 Å². The van der Waals surface area contributed by atoms with Crippen molar-refractivity contribution in [1.29, 1.82) is 0 Å². The first-order valence-electron chi connectivity index (χ1n) is 19.8. The molecule has 1 unspecified atom stereocenters. The molecule has 1 aliphatic carbocycles. The van der Waals surface area contributed by atoms with Gasteiger partial charge in [-0.05, 0) is 93.6 Å². The molecule has 0 amide bonds. The molecule has 0 aliphatic heterocycles. The van der Waals surface area contributed by atoms with E-state index in [2.05, 4.69) is 198 Å². The van der Waals surface area contributed by atoms with Crippen LogP contribution in [0.15, 0.2) is 182 Å². The fourth-order valence-corrected chi connectivity index (χ4v) is 9.53. The SMILES string of the molecule is CC1CC=CC=C1c1ccc(-c2nc3ccccc3nc2-n2c3ccc(-n4c5ccccc5c5ccccc54)cc3c3c4ccccc4ccc32)c2ccccc12. The van der Waals surface area contributed by atoms with Gasteiger partial charge >= 0.3 is 0 Å². The van der Waals surface area contributed by atoms with Crippen molar-refractivity contribution >= 4 is 81.8 Å². The molecule has 4 nitrogen and oxygen atoms in total. The molecule has 0 fully saturated rings. The minimum atomic E-state index is 0.445. The van der Waals surface area contributed by atoms with Crippen LogP contribution in [0.4, 0.5) is 0 Å². The molecule has 0 spiro atoms. The number of fused-ring (bicyclic) bond motifs is 10. The molecule has 0 radical (unpaired) electrons. The highest BCUT2D eigenvalue weighted by molar-refractivity contribution is 6.22. The molecule has 11 aromatic rings. The Bertz CT molecular complexity index is 3470. The van der Waals surface area contributed by atoms with E-state index in [1.165, 1.54) is 65.3 Å². The molecule has 1 atom stereocenters. The van der Waals surface area contributed by atoms with Gasteiger partial charge in [0.1, 0.15) is 5.69 Å². The van der Waals surface area contributed by atoms with Crippen molar-refractivity contribution in [2.45, 2.75) is 13.3 Å². The molecule has 3 aromatic heterocycles. The van der Waals surface area contributed by atoms with E-state index in [0.29, 0.717) is 5.92 Å². The number of nitrogens with zero attached hydrogens (tertiary/aromatic N) is 4. The van der Waals surface area contributed by atoms with Gasteiger partial charge in [-0.15, -0.1) is 0 Å². The lowest BCUT2D eigenvalue weighted by Crippen LogP contribution is -2.05. The van der Waals surface area contributed by atoms with Crippen molar-refractivity contribution in [2.75, 3.05) is 0 Å². The van der Waals surface area contributed by atoms with Gasteiger partial charge in [-0.25, -0.2) is 9.97 Å². The monoisotopic (exact) mass is 728 g/mol. The predicted molar refractivity (Wildman–Crippen MR) is 240 cm³/mol. The van der Waals surface area contributed by atoms with E-state index in [4.69, 9.17) is 9.97 Å². The first-order valence-corrected chi connectivity index (χ1v) is 19.8. The average Bonchev–Trinajstić information content (AvgIpc) is 3.78. The summed E-state index contributed by atoms with van der Waals surface area (Å²) in [6, 6.07) is 59.3. The number of hydrogen-bond acceptors (Lipinski definition) is 2. The second kappa shape index (κ2) is 12.4. The van der Waals surface area contributed by atoms with E-state index in [1.54, 1.807) is 0 Å². The fourth-order valence-electron chi connectivity index (χ4n) is 9.53. The maximum atomic E-state index is 5.53. The second-order valence-corrected chi connectivity index (χ2v) is 15.4. The molecular formula is C53H36N4. The van der Waals surface area contributed by atoms with Gasteiger partial charge in [-0.1, -0.05) is 140 Å². The van der Waals surface area contributed by atoms with Gasteiger partial charge in [0.25, 0.3) is 0 Å². The summed E-state index contributed by atoms with van der Waals surface area (Å²) in [5, 5.41) is 9.71. The Kier molecular flexibility index (Phi) is 6.93. The molecule has 1 aliphatic rings. The highest BCUT2D eigenvalue weighted by atomic mass is 15.1. The van der Waals surface area contributed by atoms with Crippen LogP contribution in [0.2, 0.25) is 0 Å². The van der Waals surface area contributed by atoms with E-state index in [9.17, 15) is 0 Å². The molecule has 8 aromatic carbocycles. The van der Waals surface area contributed by atoms with Crippen molar-refractivity contribution in [2.24, 2.45) is 5.92 Å². The smallest absolute Gasteiger partial charge is 0.165 e. The molecule has 0 bridgehead atoms. The molecule has 3 heterocycles. The van der Waals surface area contributed by atoms with Crippen LogP contribution in [-0.2, 0) is 0 Å². The average molecular weight is 729 g/mol. The third kappa shape index (κ3) is 4.74. The zero-order valence-corrected chi connectivity index (χ0v) is 31.4. The second-order valence-electron chi connectivity index (χ2n) is 15.4. The number of allylic oxidation sites excluding steroid dienone is 4. The molecular weight excluding hydrogens is 693 g/mol. The molecule has 0 N–H and O–H groups in total. The summed E-state index contributed by atoms with van der Waals surface area (Å²) in [6.07, 6.45) is 7.79. The van der Waals surface area contributed by atoms with E-state index in [0.717, 1.165) is 51.3 Å². The third-order valence-corrected chi connectivity index (χ3v) is 12.2. The van der Waals surface area contributed by atoms with Crippen LogP contribution >= 0.6 is 0 Å². The maximum Gasteiger partial charge on any atom is 0.165 e. The Labute approximate surface area is 329 Å². The molecule has 4 heteroatoms. The molecule has 57 heavy (non-hydrogen) atoms. The van der Waals surface area contributed by atoms with Crippen molar-refractivity contribution in [1.82, 2.24) is 19.1 Å².